The molecule has 2 rings (SSSR count). The Labute approximate surface area is 200 Å². The van der Waals surface area contributed by atoms with Gasteiger partial charge in [0.15, 0.2) is 0 Å². The number of amides is 2. The Bertz CT molecular complexity index is 1090. The van der Waals surface area contributed by atoms with Gasteiger partial charge < -0.3 is 15.0 Å². The molecule has 2 amide bonds. The van der Waals surface area contributed by atoms with E-state index in [4.69, 9.17) is 4.74 Å². The van der Waals surface area contributed by atoms with Gasteiger partial charge in [0.1, 0.15) is 24.2 Å². The highest BCUT2D eigenvalue weighted by atomic mass is 32.2. The van der Waals surface area contributed by atoms with Crippen LogP contribution in [0.5, 0.6) is 5.75 Å². The normalized spacial score (nSPS) is 12.2. The number of hydrogen-bond donors (Lipinski definition) is 1. The van der Waals surface area contributed by atoms with Crippen LogP contribution < -0.4 is 14.4 Å². The first kappa shape index (κ1) is 27.1. The van der Waals surface area contributed by atoms with E-state index >= 15 is 0 Å². The molecule has 1 N–H and O–H groups in total. The highest BCUT2D eigenvalue weighted by Crippen LogP contribution is 2.24. The van der Waals surface area contributed by atoms with Crippen molar-refractivity contribution in [1.82, 2.24) is 10.2 Å². The van der Waals surface area contributed by atoms with Gasteiger partial charge >= 0.3 is 0 Å². The van der Waals surface area contributed by atoms with Crippen molar-refractivity contribution in [2.75, 3.05) is 24.2 Å². The number of anilines is 1. The van der Waals surface area contributed by atoms with Gasteiger partial charge in [-0.15, -0.1) is 0 Å². The summed E-state index contributed by atoms with van der Waals surface area (Å²) < 4.78 is 44.8. The van der Waals surface area contributed by atoms with Crippen molar-refractivity contribution in [3.8, 4) is 5.75 Å². The lowest BCUT2D eigenvalue weighted by Crippen LogP contribution is -2.53. The molecule has 0 heterocycles. The summed E-state index contributed by atoms with van der Waals surface area (Å²) in [5.74, 6) is -0.902. The van der Waals surface area contributed by atoms with Crippen LogP contribution in [0.25, 0.3) is 0 Å². The van der Waals surface area contributed by atoms with E-state index in [9.17, 15) is 22.4 Å². The standard InChI is InChI=1S/C24H32FN3O5S/c1-6-22(24(30)26-17(2)3)27(15-18-10-12-19(25)13-11-18)23(29)16-28(34(5,31)32)20-8-7-9-21(14-20)33-4/h7-14,17,22H,6,15-16H2,1-5H3,(H,26,30)/t22-/m1/s1. The average molecular weight is 494 g/mol. The molecule has 0 saturated carbocycles. The van der Waals surface area contributed by atoms with Crippen molar-refractivity contribution in [3.63, 3.8) is 0 Å². The van der Waals surface area contributed by atoms with E-state index < -0.39 is 34.3 Å². The van der Waals surface area contributed by atoms with Gasteiger partial charge in [-0.2, -0.15) is 0 Å². The highest BCUT2D eigenvalue weighted by molar-refractivity contribution is 7.92. The number of benzene rings is 2. The summed E-state index contributed by atoms with van der Waals surface area (Å²) in [4.78, 5) is 27.8. The minimum atomic E-state index is -3.84. The molecule has 0 fully saturated rings. The van der Waals surface area contributed by atoms with E-state index in [2.05, 4.69) is 5.32 Å². The maximum Gasteiger partial charge on any atom is 0.244 e. The zero-order valence-electron chi connectivity index (χ0n) is 20.1. The van der Waals surface area contributed by atoms with E-state index in [1.54, 1.807) is 25.1 Å². The Balaban J connectivity index is 2.44. The summed E-state index contributed by atoms with van der Waals surface area (Å²) in [5, 5.41) is 2.81. The number of rotatable bonds is 11. The van der Waals surface area contributed by atoms with Crippen molar-refractivity contribution in [1.29, 1.82) is 0 Å². The minimum absolute atomic E-state index is 0.0127. The fraction of sp³-hybridized carbons (Fsp3) is 0.417. The summed E-state index contributed by atoms with van der Waals surface area (Å²) in [6.45, 7) is 4.89. The van der Waals surface area contributed by atoms with Crippen molar-refractivity contribution >= 4 is 27.5 Å². The Morgan fingerprint density at radius 3 is 2.29 bits per heavy atom. The van der Waals surface area contributed by atoms with Crippen LogP contribution in [-0.4, -0.2) is 57.1 Å². The lowest BCUT2D eigenvalue weighted by atomic mass is 10.1. The predicted octanol–water partition coefficient (Wildman–Crippen LogP) is 2.93. The number of carbonyl (C=O) groups excluding carboxylic acids is 2. The lowest BCUT2D eigenvalue weighted by molar-refractivity contribution is -0.140. The second kappa shape index (κ2) is 11.8. The molecule has 0 aliphatic heterocycles. The molecule has 1 atom stereocenters. The van der Waals surface area contributed by atoms with Gasteiger partial charge in [0.2, 0.25) is 21.8 Å². The molecule has 0 bridgehead atoms. The number of nitrogens with zero attached hydrogens (tertiary/aromatic N) is 2. The molecule has 186 valence electrons. The second-order valence-electron chi connectivity index (χ2n) is 8.21. The number of nitrogens with one attached hydrogen (secondary N) is 1. The van der Waals surface area contributed by atoms with Gasteiger partial charge in [-0.05, 0) is 50.1 Å². The van der Waals surface area contributed by atoms with E-state index in [1.165, 1.54) is 42.3 Å². The smallest absolute Gasteiger partial charge is 0.244 e. The molecule has 0 radical (unpaired) electrons. The van der Waals surface area contributed by atoms with Crippen LogP contribution in [0, 0.1) is 5.82 Å². The maximum absolute atomic E-state index is 13.5. The third-order valence-corrected chi connectivity index (χ3v) is 6.24. The first-order valence-corrected chi connectivity index (χ1v) is 12.8. The topological polar surface area (TPSA) is 96.0 Å². The van der Waals surface area contributed by atoms with Gasteiger partial charge in [-0.1, -0.05) is 25.1 Å². The molecular weight excluding hydrogens is 461 g/mol. The second-order valence-corrected chi connectivity index (χ2v) is 10.1. The van der Waals surface area contributed by atoms with Gasteiger partial charge in [0.05, 0.1) is 19.1 Å². The number of hydrogen-bond acceptors (Lipinski definition) is 5. The van der Waals surface area contributed by atoms with Gasteiger partial charge in [0.25, 0.3) is 0 Å². The maximum atomic E-state index is 13.5. The molecule has 34 heavy (non-hydrogen) atoms. The van der Waals surface area contributed by atoms with E-state index in [0.29, 0.717) is 17.7 Å². The van der Waals surface area contributed by atoms with E-state index in [-0.39, 0.29) is 24.2 Å². The fourth-order valence-electron chi connectivity index (χ4n) is 3.47. The lowest BCUT2D eigenvalue weighted by Gasteiger charge is -2.33. The van der Waals surface area contributed by atoms with E-state index in [0.717, 1.165) is 10.6 Å². The molecule has 0 spiro atoms. The summed E-state index contributed by atoms with van der Waals surface area (Å²) in [6, 6.07) is 11.0. The van der Waals surface area contributed by atoms with Crippen LogP contribution >= 0.6 is 0 Å². The summed E-state index contributed by atoms with van der Waals surface area (Å²) in [7, 11) is -2.38. The van der Waals surface area contributed by atoms with Crippen LogP contribution in [0.2, 0.25) is 0 Å². The molecule has 0 aromatic heterocycles. The third-order valence-electron chi connectivity index (χ3n) is 5.10. The van der Waals surface area contributed by atoms with Crippen LogP contribution in [0.4, 0.5) is 10.1 Å². The third kappa shape index (κ3) is 7.44. The Kier molecular flexibility index (Phi) is 9.43. The van der Waals surface area contributed by atoms with Gasteiger partial charge in [0, 0.05) is 18.7 Å². The van der Waals surface area contributed by atoms with Crippen molar-refractivity contribution in [3.05, 3.63) is 59.9 Å². The minimum Gasteiger partial charge on any atom is -0.497 e. The molecule has 0 aliphatic carbocycles. The largest absolute Gasteiger partial charge is 0.497 e. The molecular formula is C24H32FN3O5S. The van der Waals surface area contributed by atoms with Crippen LogP contribution in [-0.2, 0) is 26.2 Å². The van der Waals surface area contributed by atoms with E-state index in [1.807, 2.05) is 13.8 Å². The van der Waals surface area contributed by atoms with Crippen molar-refractivity contribution in [2.45, 2.75) is 45.8 Å². The SMILES string of the molecule is CC[C@H](C(=O)NC(C)C)N(Cc1ccc(F)cc1)C(=O)CN(c1cccc(OC)c1)S(C)(=O)=O. The Morgan fingerprint density at radius 1 is 1.12 bits per heavy atom. The number of sulfonamides is 1. The summed E-state index contributed by atoms with van der Waals surface area (Å²) >= 11 is 0. The van der Waals surface area contributed by atoms with Gasteiger partial charge in [-0.25, -0.2) is 12.8 Å². The van der Waals surface area contributed by atoms with Gasteiger partial charge in [-0.3, -0.25) is 13.9 Å². The van der Waals surface area contributed by atoms with Crippen LogP contribution in [0.15, 0.2) is 48.5 Å². The van der Waals surface area contributed by atoms with Crippen LogP contribution in [0.3, 0.4) is 0 Å². The predicted molar refractivity (Wildman–Crippen MR) is 129 cm³/mol. The van der Waals surface area contributed by atoms with Crippen molar-refractivity contribution in [2.24, 2.45) is 0 Å². The quantitative estimate of drug-likeness (QED) is 0.519. The molecule has 0 unspecified atom stereocenters. The summed E-state index contributed by atoms with van der Waals surface area (Å²) in [5.41, 5.74) is 0.870. The number of ether oxygens (including phenoxy) is 1. The zero-order valence-corrected chi connectivity index (χ0v) is 20.9. The molecule has 0 saturated heterocycles. The molecule has 2 aromatic rings. The monoisotopic (exact) mass is 493 g/mol. The zero-order chi connectivity index (χ0) is 25.5. The fourth-order valence-corrected chi connectivity index (χ4v) is 4.31. The average Bonchev–Trinajstić information content (AvgIpc) is 2.77. The number of halogens is 1. The molecule has 2 aromatic carbocycles. The first-order valence-electron chi connectivity index (χ1n) is 10.9. The van der Waals surface area contributed by atoms with Crippen molar-refractivity contribution < 1.29 is 27.1 Å². The molecule has 10 heteroatoms. The highest BCUT2D eigenvalue weighted by Gasteiger charge is 2.32. The molecule has 8 nitrogen and oxygen atoms in total. The Hall–Kier alpha value is -3.14. The first-order chi connectivity index (χ1) is 16.0. The number of carbonyl (C=O) groups is 2. The Morgan fingerprint density at radius 2 is 1.76 bits per heavy atom. The van der Waals surface area contributed by atoms with Crippen LogP contribution in [0.1, 0.15) is 32.8 Å². The molecule has 0 aliphatic rings. The summed E-state index contributed by atoms with van der Waals surface area (Å²) in [6.07, 6.45) is 1.32. The number of methoxy groups -OCH3 is 1.